The highest BCUT2D eigenvalue weighted by Crippen LogP contribution is 2.46. The first-order chi connectivity index (χ1) is 7.20. The van der Waals surface area contributed by atoms with E-state index in [-0.39, 0.29) is 5.02 Å². The lowest BCUT2D eigenvalue weighted by Crippen LogP contribution is -1.91. The zero-order valence-corrected chi connectivity index (χ0v) is 9.52. The number of ether oxygens (including phenoxy) is 2. The van der Waals surface area contributed by atoms with Crippen LogP contribution >= 0.6 is 23.2 Å². The Hall–Kier alpha value is -1.13. The molecule has 0 aliphatic rings. The predicted octanol–water partition coefficient (Wildman–Crippen LogP) is 3.15. The van der Waals surface area contributed by atoms with Crippen LogP contribution in [0, 0.1) is 0 Å². The van der Waals surface area contributed by atoms with Crippen molar-refractivity contribution in [3.05, 3.63) is 16.2 Å². The average molecular weight is 248 g/mol. The van der Waals surface area contributed by atoms with Crippen LogP contribution < -0.4 is 9.47 Å². The standard InChI is InChI=1S/C9H7Cl2NO3/c1-13-7-4-3-12-15-8(4)6(11)9(14-2)5(7)10/h3H,1-2H3. The van der Waals surface area contributed by atoms with Crippen LogP contribution in [0.4, 0.5) is 0 Å². The normalized spacial score (nSPS) is 10.7. The second-order valence-corrected chi connectivity index (χ2v) is 3.52. The van der Waals surface area contributed by atoms with Crippen LogP contribution in [0.15, 0.2) is 10.7 Å². The van der Waals surface area contributed by atoms with Gasteiger partial charge in [0.1, 0.15) is 10.0 Å². The van der Waals surface area contributed by atoms with Crippen LogP contribution in [0.5, 0.6) is 11.5 Å². The van der Waals surface area contributed by atoms with E-state index in [1.807, 2.05) is 0 Å². The summed E-state index contributed by atoms with van der Waals surface area (Å²) in [4.78, 5) is 0. The Morgan fingerprint density at radius 3 is 2.40 bits per heavy atom. The minimum Gasteiger partial charge on any atom is -0.494 e. The maximum Gasteiger partial charge on any atom is 0.193 e. The number of hydrogen-bond acceptors (Lipinski definition) is 4. The Kier molecular flexibility index (Phi) is 2.63. The second-order valence-electron chi connectivity index (χ2n) is 2.76. The van der Waals surface area contributed by atoms with Gasteiger partial charge in [0, 0.05) is 0 Å². The lowest BCUT2D eigenvalue weighted by atomic mass is 10.2. The molecule has 2 rings (SSSR count). The van der Waals surface area contributed by atoms with Gasteiger partial charge in [-0.05, 0) is 0 Å². The van der Waals surface area contributed by atoms with Gasteiger partial charge in [-0.25, -0.2) is 0 Å². The molecule has 0 amide bonds. The Bertz CT molecular complexity index is 510. The van der Waals surface area contributed by atoms with E-state index in [1.54, 1.807) is 0 Å². The topological polar surface area (TPSA) is 44.5 Å². The van der Waals surface area contributed by atoms with Crippen molar-refractivity contribution in [3.63, 3.8) is 0 Å². The summed E-state index contributed by atoms with van der Waals surface area (Å²) in [6, 6.07) is 0. The molecule has 0 aliphatic carbocycles. The van der Waals surface area contributed by atoms with Gasteiger partial charge in [0.15, 0.2) is 17.1 Å². The van der Waals surface area contributed by atoms with Gasteiger partial charge in [0.05, 0.1) is 25.8 Å². The van der Waals surface area contributed by atoms with Crippen LogP contribution in [-0.2, 0) is 0 Å². The predicted molar refractivity (Wildman–Crippen MR) is 57.1 cm³/mol. The zero-order chi connectivity index (χ0) is 11.0. The molecule has 0 unspecified atom stereocenters. The Labute approximate surface area is 95.6 Å². The number of halogens is 2. The first kappa shape index (κ1) is 10.4. The molecule has 1 heterocycles. The summed E-state index contributed by atoms with van der Waals surface area (Å²) < 4.78 is 15.2. The molecule has 0 bridgehead atoms. The molecule has 15 heavy (non-hydrogen) atoms. The lowest BCUT2D eigenvalue weighted by Gasteiger charge is -2.09. The highest BCUT2D eigenvalue weighted by atomic mass is 35.5. The first-order valence-corrected chi connectivity index (χ1v) is 4.79. The molecule has 0 saturated heterocycles. The van der Waals surface area contributed by atoms with Crippen LogP contribution in [0.25, 0.3) is 11.0 Å². The molecule has 1 aromatic carbocycles. The van der Waals surface area contributed by atoms with Gasteiger partial charge >= 0.3 is 0 Å². The number of rotatable bonds is 2. The quantitative estimate of drug-likeness (QED) is 0.818. The fourth-order valence-corrected chi connectivity index (χ4v) is 2.07. The van der Waals surface area contributed by atoms with Crippen molar-refractivity contribution in [3.8, 4) is 11.5 Å². The van der Waals surface area contributed by atoms with Crippen molar-refractivity contribution in [2.45, 2.75) is 0 Å². The molecule has 0 N–H and O–H groups in total. The molecule has 4 nitrogen and oxygen atoms in total. The summed E-state index contributed by atoms with van der Waals surface area (Å²) >= 11 is 12.1. The van der Waals surface area contributed by atoms with Gasteiger partial charge in [-0.2, -0.15) is 0 Å². The zero-order valence-electron chi connectivity index (χ0n) is 8.01. The highest BCUT2D eigenvalue weighted by molar-refractivity contribution is 6.41. The minimum atomic E-state index is 0.288. The van der Waals surface area contributed by atoms with Crippen molar-refractivity contribution in [2.24, 2.45) is 0 Å². The summed E-state index contributed by atoms with van der Waals surface area (Å²) in [6.45, 7) is 0. The van der Waals surface area contributed by atoms with E-state index in [4.69, 9.17) is 37.2 Å². The molecule has 1 aromatic heterocycles. The van der Waals surface area contributed by atoms with Gasteiger partial charge < -0.3 is 14.0 Å². The fraction of sp³-hybridized carbons (Fsp3) is 0.222. The van der Waals surface area contributed by atoms with E-state index in [1.165, 1.54) is 20.4 Å². The second kappa shape index (κ2) is 3.79. The third-order valence-electron chi connectivity index (χ3n) is 2.02. The van der Waals surface area contributed by atoms with Crippen LogP contribution in [0.2, 0.25) is 10.0 Å². The molecule has 0 radical (unpaired) electrons. The van der Waals surface area contributed by atoms with E-state index >= 15 is 0 Å². The van der Waals surface area contributed by atoms with Crippen molar-refractivity contribution in [1.29, 1.82) is 0 Å². The summed E-state index contributed by atoms with van der Waals surface area (Å²) in [6.07, 6.45) is 1.49. The molecule has 80 valence electrons. The number of fused-ring (bicyclic) bond motifs is 1. The molecule has 2 aromatic rings. The number of aromatic nitrogens is 1. The van der Waals surface area contributed by atoms with E-state index in [2.05, 4.69) is 5.16 Å². The van der Waals surface area contributed by atoms with E-state index in [0.717, 1.165) is 0 Å². The van der Waals surface area contributed by atoms with Crippen molar-refractivity contribution in [2.75, 3.05) is 14.2 Å². The summed E-state index contributed by atoms with van der Waals surface area (Å²) in [5, 5.41) is 4.85. The minimum absolute atomic E-state index is 0.288. The fourth-order valence-electron chi connectivity index (χ4n) is 1.36. The van der Waals surface area contributed by atoms with Gasteiger partial charge in [-0.1, -0.05) is 28.4 Å². The summed E-state index contributed by atoms with van der Waals surface area (Å²) in [7, 11) is 2.97. The largest absolute Gasteiger partial charge is 0.494 e. The first-order valence-electron chi connectivity index (χ1n) is 4.04. The van der Waals surface area contributed by atoms with Gasteiger partial charge in [0.2, 0.25) is 0 Å². The summed E-state index contributed by atoms with van der Waals surface area (Å²) in [5.41, 5.74) is 0.398. The smallest absolute Gasteiger partial charge is 0.193 e. The SMILES string of the molecule is COc1c(Cl)c(OC)c2cnoc2c1Cl. The third kappa shape index (κ3) is 1.41. The van der Waals surface area contributed by atoms with Crippen molar-refractivity contribution >= 4 is 34.2 Å². The lowest BCUT2D eigenvalue weighted by molar-refractivity contribution is 0.396. The maximum absolute atomic E-state index is 6.05. The number of hydrogen-bond donors (Lipinski definition) is 0. The number of methoxy groups -OCH3 is 2. The number of nitrogens with zero attached hydrogens (tertiary/aromatic N) is 1. The Morgan fingerprint density at radius 2 is 1.80 bits per heavy atom. The van der Waals surface area contributed by atoms with Crippen LogP contribution in [-0.4, -0.2) is 19.4 Å². The van der Waals surface area contributed by atoms with Crippen molar-refractivity contribution < 1.29 is 14.0 Å². The molecule has 6 heteroatoms. The molecular formula is C9H7Cl2NO3. The molecule has 0 atom stereocenters. The maximum atomic E-state index is 6.05. The molecule has 0 saturated carbocycles. The van der Waals surface area contributed by atoms with Gasteiger partial charge in [-0.15, -0.1) is 0 Å². The molecule has 0 fully saturated rings. The highest BCUT2D eigenvalue weighted by Gasteiger charge is 2.21. The molecule has 0 aliphatic heterocycles. The summed E-state index contributed by atoms with van der Waals surface area (Å²) in [5.74, 6) is 0.758. The van der Waals surface area contributed by atoms with Crippen LogP contribution in [0.3, 0.4) is 0 Å². The van der Waals surface area contributed by atoms with Gasteiger partial charge in [-0.3, -0.25) is 0 Å². The van der Waals surface area contributed by atoms with Crippen molar-refractivity contribution in [1.82, 2.24) is 5.16 Å². The average Bonchev–Trinajstić information content (AvgIpc) is 2.68. The van der Waals surface area contributed by atoms with E-state index < -0.39 is 0 Å². The van der Waals surface area contributed by atoms with E-state index in [0.29, 0.717) is 27.5 Å². The van der Waals surface area contributed by atoms with Crippen LogP contribution in [0.1, 0.15) is 0 Å². The van der Waals surface area contributed by atoms with Gasteiger partial charge in [0.25, 0.3) is 0 Å². The third-order valence-corrected chi connectivity index (χ3v) is 2.71. The Balaban J connectivity index is 2.90. The number of benzene rings is 1. The van der Waals surface area contributed by atoms with E-state index in [9.17, 15) is 0 Å². The Morgan fingerprint density at radius 1 is 1.13 bits per heavy atom. The molecular weight excluding hydrogens is 241 g/mol. The monoisotopic (exact) mass is 247 g/mol. The molecule has 0 spiro atoms.